The van der Waals surface area contributed by atoms with E-state index < -0.39 is 12.1 Å². The van der Waals surface area contributed by atoms with Crippen molar-refractivity contribution in [3.05, 3.63) is 54.5 Å². The Bertz CT molecular complexity index is 1290. The van der Waals surface area contributed by atoms with Crippen molar-refractivity contribution in [2.45, 2.75) is 83.8 Å². The van der Waals surface area contributed by atoms with E-state index in [1.54, 1.807) is 20.2 Å². The summed E-state index contributed by atoms with van der Waals surface area (Å²) in [6, 6.07) is 9.33. The second kappa shape index (κ2) is 12.5. The summed E-state index contributed by atoms with van der Waals surface area (Å²) in [5.74, 6) is -0.799. The molecule has 0 aliphatic heterocycles. The van der Waals surface area contributed by atoms with Crippen LogP contribution in [0.25, 0.3) is 22.0 Å². The maximum atomic E-state index is 13.9. The van der Waals surface area contributed by atoms with Crippen molar-refractivity contribution in [3.8, 4) is 11.1 Å². The Labute approximate surface area is 225 Å². The Hall–Kier alpha value is -3.32. The lowest BCUT2D eigenvalue weighted by atomic mass is 9.78. The molecule has 7 nitrogen and oxygen atoms in total. The highest BCUT2D eigenvalue weighted by Crippen LogP contribution is 2.33. The smallest absolute Gasteiger partial charge is 0.237 e. The zero-order valence-corrected chi connectivity index (χ0v) is 23.1. The summed E-state index contributed by atoms with van der Waals surface area (Å²) in [5, 5.41) is 16.1. The van der Waals surface area contributed by atoms with Gasteiger partial charge in [-0.25, -0.2) is 0 Å². The summed E-state index contributed by atoms with van der Waals surface area (Å²) in [5.41, 5.74) is 4.15. The van der Waals surface area contributed by atoms with Gasteiger partial charge in [0.1, 0.15) is 0 Å². The minimum atomic E-state index is -0.668. The fraction of sp³-hybridized carbons (Fsp3) is 0.484. The van der Waals surface area contributed by atoms with Crippen molar-refractivity contribution >= 4 is 28.3 Å². The molecular formula is C31H41N5O2. The van der Waals surface area contributed by atoms with Gasteiger partial charge >= 0.3 is 0 Å². The molecule has 202 valence electrons. The van der Waals surface area contributed by atoms with Crippen molar-refractivity contribution in [2.24, 2.45) is 5.92 Å². The number of carbonyl (C=O) groups is 2. The summed E-state index contributed by atoms with van der Waals surface area (Å²) in [4.78, 5) is 31.2. The molecule has 1 aliphatic rings. The van der Waals surface area contributed by atoms with Crippen LogP contribution in [0.2, 0.25) is 0 Å². The molecule has 2 aromatic heterocycles. The van der Waals surface area contributed by atoms with Gasteiger partial charge in [0, 0.05) is 53.1 Å². The van der Waals surface area contributed by atoms with E-state index in [0.717, 1.165) is 60.7 Å². The summed E-state index contributed by atoms with van der Waals surface area (Å²) < 4.78 is 2.23. The SMILES string of the molecule is CC[C@H](C(=N)C(=O)[C@@H](NC(=O)[C@H](C)NC)C1CCCCC1)c1cncc(-c2cn(CC)c3ccccc23)c1. The molecule has 0 radical (unpaired) electrons. The number of carbonyl (C=O) groups excluding carboxylic acids is 2. The molecule has 2 heterocycles. The molecule has 1 saturated carbocycles. The maximum Gasteiger partial charge on any atom is 0.237 e. The van der Waals surface area contributed by atoms with Crippen LogP contribution in [-0.2, 0) is 16.1 Å². The average molecular weight is 516 g/mol. The number of likely N-dealkylation sites (N-methyl/N-ethyl adjacent to an activating group) is 1. The van der Waals surface area contributed by atoms with E-state index in [9.17, 15) is 9.59 Å². The topological polar surface area (TPSA) is 99.9 Å². The average Bonchev–Trinajstić information content (AvgIpc) is 3.35. The molecular weight excluding hydrogens is 474 g/mol. The Balaban J connectivity index is 1.64. The number of pyridine rings is 1. The fourth-order valence-electron chi connectivity index (χ4n) is 5.75. The summed E-state index contributed by atoms with van der Waals surface area (Å²) in [6.45, 7) is 6.78. The van der Waals surface area contributed by atoms with Gasteiger partial charge in [-0.1, -0.05) is 44.4 Å². The second-order valence-electron chi connectivity index (χ2n) is 10.5. The first-order valence-corrected chi connectivity index (χ1v) is 14.0. The highest BCUT2D eigenvalue weighted by Gasteiger charge is 2.36. The molecule has 7 heteroatoms. The molecule has 0 bridgehead atoms. The summed E-state index contributed by atoms with van der Waals surface area (Å²) in [6.07, 6.45) is 11.4. The first kappa shape index (κ1) is 27.7. The van der Waals surface area contributed by atoms with Crippen molar-refractivity contribution in [3.63, 3.8) is 0 Å². The number of benzene rings is 1. The van der Waals surface area contributed by atoms with Gasteiger partial charge in [0.25, 0.3) is 0 Å². The molecule has 3 aromatic rings. The number of Topliss-reactive ketones (excluding diaryl/α,β-unsaturated/α-hetero) is 1. The first-order chi connectivity index (χ1) is 18.4. The van der Waals surface area contributed by atoms with E-state index in [4.69, 9.17) is 5.41 Å². The van der Waals surface area contributed by atoms with Crippen LogP contribution in [0, 0.1) is 11.3 Å². The molecule has 3 N–H and O–H groups in total. The van der Waals surface area contributed by atoms with Crippen LogP contribution in [0.5, 0.6) is 0 Å². The number of hydrogen-bond donors (Lipinski definition) is 3. The fourth-order valence-corrected chi connectivity index (χ4v) is 5.75. The molecule has 0 saturated heterocycles. The number of aromatic nitrogens is 2. The van der Waals surface area contributed by atoms with E-state index in [1.165, 1.54) is 5.52 Å². The number of para-hydroxylation sites is 1. The Morgan fingerprint density at radius 2 is 1.87 bits per heavy atom. The molecule has 1 aliphatic carbocycles. The number of rotatable bonds is 11. The van der Waals surface area contributed by atoms with Crippen LogP contribution in [0.15, 0.2) is 48.9 Å². The number of ketones is 1. The van der Waals surface area contributed by atoms with Crippen LogP contribution in [-0.4, -0.2) is 46.1 Å². The monoisotopic (exact) mass is 515 g/mol. The van der Waals surface area contributed by atoms with Crippen LogP contribution < -0.4 is 10.6 Å². The highest BCUT2D eigenvalue weighted by atomic mass is 16.2. The zero-order chi connectivity index (χ0) is 27.2. The van der Waals surface area contributed by atoms with Crippen LogP contribution in [0.4, 0.5) is 0 Å². The molecule has 4 rings (SSSR count). The number of hydrogen-bond acceptors (Lipinski definition) is 5. The summed E-state index contributed by atoms with van der Waals surface area (Å²) >= 11 is 0. The number of nitrogens with zero attached hydrogens (tertiary/aromatic N) is 2. The molecule has 1 aromatic carbocycles. The number of aryl methyl sites for hydroxylation is 1. The van der Waals surface area contributed by atoms with E-state index in [2.05, 4.69) is 51.5 Å². The molecule has 0 spiro atoms. The van der Waals surface area contributed by atoms with Gasteiger partial charge in [-0.3, -0.25) is 14.6 Å². The minimum Gasteiger partial charge on any atom is -0.347 e. The van der Waals surface area contributed by atoms with Crippen molar-refractivity contribution in [1.29, 1.82) is 5.41 Å². The number of fused-ring (bicyclic) bond motifs is 1. The van der Waals surface area contributed by atoms with Crippen LogP contribution in [0.3, 0.4) is 0 Å². The largest absolute Gasteiger partial charge is 0.347 e. The maximum absolute atomic E-state index is 13.9. The van der Waals surface area contributed by atoms with Crippen LogP contribution >= 0.6 is 0 Å². The summed E-state index contributed by atoms with van der Waals surface area (Å²) in [7, 11) is 1.73. The van der Waals surface area contributed by atoms with Crippen LogP contribution in [0.1, 0.15) is 70.8 Å². The van der Waals surface area contributed by atoms with Gasteiger partial charge in [-0.05, 0) is 63.8 Å². The van der Waals surface area contributed by atoms with Gasteiger partial charge in [0.15, 0.2) is 5.78 Å². The predicted molar refractivity (Wildman–Crippen MR) is 154 cm³/mol. The molecule has 1 fully saturated rings. The molecule has 38 heavy (non-hydrogen) atoms. The van der Waals surface area contributed by atoms with E-state index in [-0.39, 0.29) is 29.2 Å². The molecule has 0 unspecified atom stereocenters. The van der Waals surface area contributed by atoms with Gasteiger partial charge in [0.2, 0.25) is 5.91 Å². The van der Waals surface area contributed by atoms with Gasteiger partial charge < -0.3 is 20.6 Å². The lowest BCUT2D eigenvalue weighted by molar-refractivity contribution is -0.127. The first-order valence-electron chi connectivity index (χ1n) is 14.0. The van der Waals surface area contributed by atoms with E-state index in [1.807, 2.05) is 25.3 Å². The van der Waals surface area contributed by atoms with Crippen molar-refractivity contribution in [2.75, 3.05) is 7.05 Å². The van der Waals surface area contributed by atoms with E-state index in [0.29, 0.717) is 6.42 Å². The number of amides is 1. The zero-order valence-electron chi connectivity index (χ0n) is 23.1. The quantitative estimate of drug-likeness (QED) is 0.295. The van der Waals surface area contributed by atoms with Crippen molar-refractivity contribution < 1.29 is 9.59 Å². The standard InChI is InChI=1S/C31H41N5O2/c1-5-24(28(32)30(37)29(21-12-8-7-9-13-21)35-31(38)20(3)33-4)22-16-23(18-34-17-22)26-19-36(6-2)27-15-11-10-14-25(26)27/h10-11,14-21,24,29,32-33H,5-9,12-13H2,1-4H3,(H,35,38)/t20-,24-,29-/m0/s1. The lowest BCUT2D eigenvalue weighted by Crippen LogP contribution is -2.53. The molecule has 3 atom stereocenters. The van der Waals surface area contributed by atoms with Gasteiger partial charge in [-0.15, -0.1) is 0 Å². The van der Waals surface area contributed by atoms with Gasteiger partial charge in [-0.2, -0.15) is 0 Å². The highest BCUT2D eigenvalue weighted by molar-refractivity contribution is 6.42. The molecule has 1 amide bonds. The lowest BCUT2D eigenvalue weighted by Gasteiger charge is -2.32. The third-order valence-electron chi connectivity index (χ3n) is 8.15. The third kappa shape index (κ3) is 5.73. The predicted octanol–water partition coefficient (Wildman–Crippen LogP) is 5.48. The Morgan fingerprint density at radius 3 is 2.55 bits per heavy atom. The Kier molecular flexibility index (Phi) is 9.10. The third-order valence-corrected chi connectivity index (χ3v) is 8.15. The Morgan fingerprint density at radius 1 is 1.13 bits per heavy atom. The number of nitrogens with one attached hydrogen (secondary N) is 3. The van der Waals surface area contributed by atoms with E-state index >= 15 is 0 Å². The normalized spacial score (nSPS) is 16.6. The van der Waals surface area contributed by atoms with Crippen molar-refractivity contribution in [1.82, 2.24) is 20.2 Å². The second-order valence-corrected chi connectivity index (χ2v) is 10.5. The van der Waals surface area contributed by atoms with Gasteiger partial charge in [0.05, 0.1) is 17.8 Å². The minimum absolute atomic E-state index is 0.0513.